The molecule has 1 aliphatic heterocycles. The van der Waals surface area contributed by atoms with Crippen LogP contribution in [0.5, 0.6) is 5.75 Å². The third-order valence-electron chi connectivity index (χ3n) is 4.55. The molecular formula is C22H24Cl2N2O5S. The van der Waals surface area contributed by atoms with Gasteiger partial charge in [-0.05, 0) is 55.8 Å². The van der Waals surface area contributed by atoms with Gasteiger partial charge in [0.2, 0.25) is 15.9 Å². The lowest BCUT2D eigenvalue weighted by molar-refractivity contribution is -0.111. The lowest BCUT2D eigenvalue weighted by Crippen LogP contribution is -2.40. The first-order valence-electron chi connectivity index (χ1n) is 9.99. The summed E-state index contributed by atoms with van der Waals surface area (Å²) < 4.78 is 38.4. The summed E-state index contributed by atoms with van der Waals surface area (Å²) in [6, 6.07) is 9.43. The average molecular weight is 499 g/mol. The number of anilines is 1. The van der Waals surface area contributed by atoms with Crippen molar-refractivity contribution in [3.05, 3.63) is 58.1 Å². The third-order valence-corrected chi connectivity index (χ3v) is 7.18. The molecule has 3 rings (SSSR count). The first kappa shape index (κ1) is 24.5. The molecule has 0 atom stereocenters. The maximum absolute atomic E-state index is 13.0. The molecule has 0 radical (unpaired) electrons. The Balaban J connectivity index is 1.85. The standard InChI is InChI=1S/C22H24Cl2N2O5S/c1-15(2)31-21-7-5-17(32(28,29)26-9-11-30-12-10-26)14-20(21)25-22(27)8-4-16-3-6-18(23)19(24)13-16/h3-8,13-15H,9-12H2,1-2H3,(H,25,27)/b8-4+. The smallest absolute Gasteiger partial charge is 0.248 e. The highest BCUT2D eigenvalue weighted by atomic mass is 35.5. The van der Waals surface area contributed by atoms with E-state index in [2.05, 4.69) is 5.32 Å². The van der Waals surface area contributed by atoms with Crippen LogP contribution in [0.1, 0.15) is 19.4 Å². The number of rotatable bonds is 7. The Kier molecular flexibility index (Phi) is 8.19. The van der Waals surface area contributed by atoms with Gasteiger partial charge in [0.15, 0.2) is 0 Å². The zero-order chi connectivity index (χ0) is 23.3. The van der Waals surface area contributed by atoms with Crippen molar-refractivity contribution in [1.29, 1.82) is 0 Å². The van der Waals surface area contributed by atoms with Crippen LogP contribution in [0.25, 0.3) is 6.08 Å². The fraction of sp³-hybridized carbons (Fsp3) is 0.318. The largest absolute Gasteiger partial charge is 0.489 e. The fourth-order valence-corrected chi connectivity index (χ4v) is 4.76. The SMILES string of the molecule is CC(C)Oc1ccc(S(=O)(=O)N2CCOCC2)cc1NC(=O)/C=C/c1ccc(Cl)c(Cl)c1. The Labute approximate surface area is 198 Å². The van der Waals surface area contributed by atoms with Gasteiger partial charge >= 0.3 is 0 Å². The summed E-state index contributed by atoms with van der Waals surface area (Å²) in [5.74, 6) is -0.0807. The van der Waals surface area contributed by atoms with Crippen LogP contribution in [0.15, 0.2) is 47.4 Å². The van der Waals surface area contributed by atoms with Crippen molar-refractivity contribution < 1.29 is 22.7 Å². The number of benzene rings is 2. The van der Waals surface area contributed by atoms with E-state index in [1.54, 1.807) is 30.3 Å². The molecule has 7 nitrogen and oxygen atoms in total. The fourth-order valence-electron chi connectivity index (χ4n) is 3.02. The van der Waals surface area contributed by atoms with Crippen molar-refractivity contribution in [3.63, 3.8) is 0 Å². The van der Waals surface area contributed by atoms with Crippen molar-refractivity contribution in [1.82, 2.24) is 4.31 Å². The van der Waals surface area contributed by atoms with Crippen LogP contribution in [0.2, 0.25) is 10.0 Å². The molecule has 32 heavy (non-hydrogen) atoms. The van der Waals surface area contributed by atoms with Gasteiger partial charge in [-0.3, -0.25) is 4.79 Å². The molecule has 1 fully saturated rings. The topological polar surface area (TPSA) is 84.9 Å². The number of hydrogen-bond acceptors (Lipinski definition) is 5. The van der Waals surface area contributed by atoms with Crippen LogP contribution in [-0.4, -0.2) is 51.0 Å². The number of halogens is 2. The summed E-state index contributed by atoms with van der Waals surface area (Å²) >= 11 is 11.9. The lowest BCUT2D eigenvalue weighted by Gasteiger charge is -2.26. The van der Waals surface area contributed by atoms with E-state index < -0.39 is 15.9 Å². The highest BCUT2D eigenvalue weighted by Crippen LogP contribution is 2.30. The predicted octanol–water partition coefficient (Wildman–Crippen LogP) is 4.45. The Morgan fingerprint density at radius 1 is 1.12 bits per heavy atom. The molecule has 0 aromatic heterocycles. The Bertz CT molecular complexity index is 1110. The van der Waals surface area contributed by atoms with Crippen LogP contribution in [0.4, 0.5) is 5.69 Å². The molecule has 1 amide bonds. The van der Waals surface area contributed by atoms with Crippen LogP contribution in [0, 0.1) is 0 Å². The number of carbonyl (C=O) groups is 1. The van der Waals surface area contributed by atoms with E-state index in [0.717, 1.165) is 0 Å². The molecule has 1 N–H and O–H groups in total. The minimum Gasteiger partial charge on any atom is -0.489 e. The van der Waals surface area contributed by atoms with Gasteiger partial charge in [0.25, 0.3) is 0 Å². The molecule has 2 aromatic rings. The second-order valence-corrected chi connectivity index (χ2v) is 10.1. The minimum absolute atomic E-state index is 0.0688. The highest BCUT2D eigenvalue weighted by Gasteiger charge is 2.27. The lowest BCUT2D eigenvalue weighted by atomic mass is 10.2. The molecule has 0 aliphatic carbocycles. The number of ether oxygens (including phenoxy) is 2. The number of nitrogens with one attached hydrogen (secondary N) is 1. The molecule has 0 spiro atoms. The molecule has 10 heteroatoms. The van der Waals surface area contributed by atoms with Gasteiger partial charge in [0.1, 0.15) is 5.75 Å². The number of nitrogens with zero attached hydrogens (tertiary/aromatic N) is 1. The van der Waals surface area contributed by atoms with Crippen molar-refractivity contribution >= 4 is 50.9 Å². The van der Waals surface area contributed by atoms with Crippen LogP contribution >= 0.6 is 23.2 Å². The number of morpholine rings is 1. The molecule has 172 valence electrons. The summed E-state index contributed by atoms with van der Waals surface area (Å²) in [5.41, 5.74) is 0.952. The summed E-state index contributed by atoms with van der Waals surface area (Å²) in [7, 11) is -3.73. The number of sulfonamides is 1. The normalized spacial score (nSPS) is 15.3. The van der Waals surface area contributed by atoms with Crippen LogP contribution in [0.3, 0.4) is 0 Å². The van der Waals surface area contributed by atoms with E-state index in [-0.39, 0.29) is 29.8 Å². The highest BCUT2D eigenvalue weighted by molar-refractivity contribution is 7.89. The summed E-state index contributed by atoms with van der Waals surface area (Å²) in [6.07, 6.45) is 2.73. The van der Waals surface area contributed by atoms with Crippen molar-refractivity contribution in [2.45, 2.75) is 24.8 Å². The Morgan fingerprint density at radius 3 is 2.50 bits per heavy atom. The molecule has 0 bridgehead atoms. The molecule has 0 saturated carbocycles. The molecule has 2 aromatic carbocycles. The van der Waals surface area contributed by atoms with Crippen molar-refractivity contribution in [3.8, 4) is 5.75 Å². The first-order chi connectivity index (χ1) is 15.2. The molecular weight excluding hydrogens is 475 g/mol. The first-order valence-corrected chi connectivity index (χ1v) is 12.2. The van der Waals surface area contributed by atoms with Gasteiger partial charge in [-0.2, -0.15) is 4.31 Å². The van der Waals surface area contributed by atoms with Gasteiger partial charge in [-0.1, -0.05) is 29.3 Å². The van der Waals surface area contributed by atoms with Crippen molar-refractivity contribution in [2.24, 2.45) is 0 Å². The maximum Gasteiger partial charge on any atom is 0.248 e. The minimum atomic E-state index is -3.73. The quantitative estimate of drug-likeness (QED) is 0.569. The van der Waals surface area contributed by atoms with Gasteiger partial charge in [-0.25, -0.2) is 8.42 Å². The van der Waals surface area contributed by atoms with E-state index in [1.807, 2.05) is 13.8 Å². The van der Waals surface area contributed by atoms with E-state index in [0.29, 0.717) is 34.6 Å². The number of carbonyl (C=O) groups excluding carboxylic acids is 1. The van der Waals surface area contributed by atoms with E-state index in [1.165, 1.54) is 22.5 Å². The second-order valence-electron chi connectivity index (χ2n) is 7.34. The third kappa shape index (κ3) is 6.24. The summed E-state index contributed by atoms with van der Waals surface area (Å²) in [4.78, 5) is 12.6. The summed E-state index contributed by atoms with van der Waals surface area (Å²) in [6.45, 7) is 4.93. The van der Waals surface area contributed by atoms with Crippen LogP contribution in [-0.2, 0) is 19.6 Å². The van der Waals surface area contributed by atoms with Gasteiger partial charge < -0.3 is 14.8 Å². The zero-order valence-corrected chi connectivity index (χ0v) is 20.0. The molecule has 1 aliphatic rings. The maximum atomic E-state index is 13.0. The van der Waals surface area contributed by atoms with Gasteiger partial charge in [0.05, 0.1) is 39.9 Å². The van der Waals surface area contributed by atoms with E-state index >= 15 is 0 Å². The van der Waals surface area contributed by atoms with Crippen molar-refractivity contribution in [2.75, 3.05) is 31.6 Å². The molecule has 1 heterocycles. The predicted molar refractivity (Wildman–Crippen MR) is 126 cm³/mol. The number of hydrogen-bond donors (Lipinski definition) is 1. The summed E-state index contributed by atoms with van der Waals surface area (Å²) in [5, 5.41) is 3.51. The molecule has 1 saturated heterocycles. The monoisotopic (exact) mass is 498 g/mol. The van der Waals surface area contributed by atoms with E-state index in [4.69, 9.17) is 32.7 Å². The molecule has 0 unspecified atom stereocenters. The second kappa shape index (κ2) is 10.7. The average Bonchev–Trinajstić information content (AvgIpc) is 2.76. The van der Waals surface area contributed by atoms with E-state index in [9.17, 15) is 13.2 Å². The van der Waals surface area contributed by atoms with Gasteiger partial charge in [0, 0.05) is 19.2 Å². The number of amides is 1. The Hall–Kier alpha value is -2.10. The van der Waals surface area contributed by atoms with Crippen LogP contribution < -0.4 is 10.1 Å². The Morgan fingerprint density at radius 2 is 1.84 bits per heavy atom. The zero-order valence-electron chi connectivity index (χ0n) is 17.7. The van der Waals surface area contributed by atoms with Gasteiger partial charge in [-0.15, -0.1) is 0 Å².